The second-order valence-electron chi connectivity index (χ2n) is 6.57. The second-order valence-corrected chi connectivity index (χ2v) is 6.57. The number of pyridine rings is 1. The molecule has 0 aromatic carbocycles. The first kappa shape index (κ1) is 16.7. The molecule has 134 valence electrons. The molecule has 0 aliphatic rings. The van der Waals surface area contributed by atoms with E-state index >= 15 is 0 Å². The van der Waals surface area contributed by atoms with Crippen LogP contribution in [0.5, 0.6) is 0 Å². The summed E-state index contributed by atoms with van der Waals surface area (Å²) in [4.78, 5) is 21.6. The highest BCUT2D eigenvalue weighted by Crippen LogP contribution is 2.26. The predicted octanol–water partition coefficient (Wildman–Crippen LogP) is 2.32. The average molecular weight is 359 g/mol. The third kappa shape index (κ3) is 2.89. The number of hydrogen-bond acceptors (Lipinski definition) is 5. The minimum atomic E-state index is -0.201. The molecule has 0 atom stereocenters. The number of nitrogens with one attached hydrogen (secondary N) is 1. The molecular weight excluding hydrogens is 342 g/mol. The molecule has 0 aliphatic carbocycles. The number of rotatable bonds is 4. The summed E-state index contributed by atoms with van der Waals surface area (Å²) in [6.07, 6.45) is 8.53. The minimum Gasteiger partial charge on any atom is -0.295 e. The van der Waals surface area contributed by atoms with Gasteiger partial charge in [-0.15, -0.1) is 0 Å². The van der Waals surface area contributed by atoms with Crippen LogP contribution >= 0.6 is 0 Å². The van der Waals surface area contributed by atoms with Crippen LogP contribution in [0.2, 0.25) is 0 Å². The molecule has 4 rings (SSSR count). The Morgan fingerprint density at radius 1 is 1.30 bits per heavy atom. The summed E-state index contributed by atoms with van der Waals surface area (Å²) in [6, 6.07) is 5.92. The Morgan fingerprint density at radius 3 is 2.78 bits per heavy atom. The maximum atomic E-state index is 12.9. The third-order valence-corrected chi connectivity index (χ3v) is 4.40. The van der Waals surface area contributed by atoms with E-state index in [4.69, 9.17) is 0 Å². The largest absolute Gasteiger partial charge is 0.295 e. The number of H-pyrrole nitrogens is 1. The van der Waals surface area contributed by atoms with Gasteiger partial charge in [0.05, 0.1) is 18.4 Å². The van der Waals surface area contributed by atoms with Crippen LogP contribution in [-0.4, -0.2) is 29.4 Å². The molecule has 0 amide bonds. The fraction of sp³-hybridized carbons (Fsp3) is 0.211. The molecule has 0 fully saturated rings. The van der Waals surface area contributed by atoms with E-state index in [2.05, 4.69) is 26.2 Å². The molecular formula is C19H17N7O. The SMILES string of the molecule is CC(C)c1c(-c2cnn(Cc3ccncc3)c2)nc2c(C#N)c[nH]n2c1=O. The Bertz CT molecular complexity index is 1210. The summed E-state index contributed by atoms with van der Waals surface area (Å²) in [7, 11) is 0. The van der Waals surface area contributed by atoms with Crippen LogP contribution in [0.15, 0.2) is 47.9 Å². The molecule has 8 nitrogen and oxygen atoms in total. The zero-order valence-electron chi connectivity index (χ0n) is 14.9. The monoisotopic (exact) mass is 359 g/mol. The van der Waals surface area contributed by atoms with Crippen molar-refractivity contribution in [1.29, 1.82) is 5.26 Å². The van der Waals surface area contributed by atoms with Gasteiger partial charge in [0.15, 0.2) is 5.65 Å². The zero-order valence-corrected chi connectivity index (χ0v) is 14.9. The molecule has 8 heteroatoms. The van der Waals surface area contributed by atoms with Gasteiger partial charge in [0, 0.05) is 35.9 Å². The van der Waals surface area contributed by atoms with Crippen LogP contribution in [-0.2, 0) is 6.54 Å². The van der Waals surface area contributed by atoms with E-state index in [1.807, 2.05) is 32.2 Å². The Balaban J connectivity index is 1.85. The fourth-order valence-corrected chi connectivity index (χ4v) is 3.10. The lowest BCUT2D eigenvalue weighted by molar-refractivity contribution is 0.686. The Morgan fingerprint density at radius 2 is 2.07 bits per heavy atom. The van der Waals surface area contributed by atoms with Crippen molar-refractivity contribution in [3.63, 3.8) is 0 Å². The molecule has 0 aliphatic heterocycles. The van der Waals surface area contributed by atoms with Crippen LogP contribution in [0.25, 0.3) is 16.9 Å². The quantitative estimate of drug-likeness (QED) is 0.602. The normalized spacial score (nSPS) is 11.2. The highest BCUT2D eigenvalue weighted by molar-refractivity contribution is 5.67. The lowest BCUT2D eigenvalue weighted by Crippen LogP contribution is -2.22. The van der Waals surface area contributed by atoms with E-state index in [1.165, 1.54) is 10.7 Å². The molecule has 0 bridgehead atoms. The predicted molar refractivity (Wildman–Crippen MR) is 99.2 cm³/mol. The topological polar surface area (TPSA) is 105 Å². The van der Waals surface area contributed by atoms with Gasteiger partial charge in [-0.3, -0.25) is 19.6 Å². The molecule has 0 spiro atoms. The molecule has 4 heterocycles. The van der Waals surface area contributed by atoms with Crippen molar-refractivity contribution in [2.75, 3.05) is 0 Å². The van der Waals surface area contributed by atoms with Crippen molar-refractivity contribution in [3.8, 4) is 17.3 Å². The summed E-state index contributed by atoms with van der Waals surface area (Å²) >= 11 is 0. The van der Waals surface area contributed by atoms with Gasteiger partial charge in [0.2, 0.25) is 0 Å². The first-order chi connectivity index (χ1) is 13.1. The van der Waals surface area contributed by atoms with Crippen LogP contribution in [0.4, 0.5) is 0 Å². The lowest BCUT2D eigenvalue weighted by atomic mass is 10.00. The van der Waals surface area contributed by atoms with E-state index in [0.717, 1.165) is 11.1 Å². The van der Waals surface area contributed by atoms with E-state index < -0.39 is 0 Å². The summed E-state index contributed by atoms with van der Waals surface area (Å²) in [5.74, 6) is -0.0331. The molecule has 4 aromatic rings. The van der Waals surface area contributed by atoms with Gasteiger partial charge in [-0.2, -0.15) is 10.4 Å². The van der Waals surface area contributed by atoms with Crippen molar-refractivity contribution in [2.24, 2.45) is 0 Å². The lowest BCUT2D eigenvalue weighted by Gasteiger charge is -2.10. The zero-order chi connectivity index (χ0) is 19.0. The molecule has 0 saturated heterocycles. The van der Waals surface area contributed by atoms with Crippen molar-refractivity contribution in [2.45, 2.75) is 26.3 Å². The van der Waals surface area contributed by atoms with Crippen molar-refractivity contribution < 1.29 is 0 Å². The Hall–Kier alpha value is -3.73. The number of nitriles is 1. The fourth-order valence-electron chi connectivity index (χ4n) is 3.10. The molecule has 1 N–H and O–H groups in total. The summed E-state index contributed by atoms with van der Waals surface area (Å²) in [5, 5.41) is 16.5. The Labute approximate surface area is 154 Å². The summed E-state index contributed by atoms with van der Waals surface area (Å²) in [6.45, 7) is 4.49. The highest BCUT2D eigenvalue weighted by atomic mass is 16.1. The standard InChI is InChI=1S/C19H17N7O/c1-12(2)16-17(24-18-14(7-20)8-23-26(18)19(16)27)15-9-22-25(11-15)10-13-3-5-21-6-4-13/h3-6,8-9,11-12,23H,10H2,1-2H3. The van der Waals surface area contributed by atoms with Crippen molar-refractivity contribution in [1.82, 2.24) is 29.4 Å². The Kier molecular flexibility index (Phi) is 4.05. The van der Waals surface area contributed by atoms with Crippen LogP contribution in [0, 0.1) is 11.3 Å². The molecule has 0 radical (unpaired) electrons. The summed E-state index contributed by atoms with van der Waals surface area (Å²) < 4.78 is 3.11. The van der Waals surface area contributed by atoms with E-state index in [-0.39, 0.29) is 11.5 Å². The molecule has 27 heavy (non-hydrogen) atoms. The number of hydrogen-bond donors (Lipinski definition) is 1. The first-order valence-electron chi connectivity index (χ1n) is 8.54. The van der Waals surface area contributed by atoms with Crippen LogP contribution in [0.3, 0.4) is 0 Å². The van der Waals surface area contributed by atoms with Gasteiger partial charge < -0.3 is 0 Å². The molecule has 0 saturated carbocycles. The van der Waals surface area contributed by atoms with E-state index in [9.17, 15) is 10.1 Å². The van der Waals surface area contributed by atoms with E-state index in [1.54, 1.807) is 23.3 Å². The summed E-state index contributed by atoms with van der Waals surface area (Å²) in [5.41, 5.74) is 3.42. The second kappa shape index (κ2) is 6.53. The maximum Gasteiger partial charge on any atom is 0.276 e. The van der Waals surface area contributed by atoms with Crippen LogP contribution < -0.4 is 5.56 Å². The van der Waals surface area contributed by atoms with Crippen LogP contribution in [0.1, 0.15) is 36.5 Å². The van der Waals surface area contributed by atoms with E-state index in [0.29, 0.717) is 29.0 Å². The number of fused-ring (bicyclic) bond motifs is 1. The first-order valence-corrected chi connectivity index (χ1v) is 8.54. The van der Waals surface area contributed by atoms with Gasteiger partial charge in [0.1, 0.15) is 11.6 Å². The molecule has 0 unspecified atom stereocenters. The number of aromatic amines is 1. The average Bonchev–Trinajstić information content (AvgIpc) is 3.28. The van der Waals surface area contributed by atoms with Crippen molar-refractivity contribution in [3.05, 3.63) is 70.2 Å². The highest BCUT2D eigenvalue weighted by Gasteiger charge is 2.20. The number of nitrogens with zero attached hydrogens (tertiary/aromatic N) is 6. The molecule has 4 aromatic heterocycles. The minimum absolute atomic E-state index is 0.0331. The van der Waals surface area contributed by atoms with Gasteiger partial charge in [-0.1, -0.05) is 13.8 Å². The van der Waals surface area contributed by atoms with Gasteiger partial charge in [0.25, 0.3) is 5.56 Å². The van der Waals surface area contributed by atoms with Gasteiger partial charge in [-0.25, -0.2) is 9.50 Å². The maximum absolute atomic E-state index is 12.9. The van der Waals surface area contributed by atoms with Crippen molar-refractivity contribution >= 4 is 5.65 Å². The van der Waals surface area contributed by atoms with Gasteiger partial charge >= 0.3 is 0 Å². The number of aromatic nitrogens is 6. The third-order valence-electron chi connectivity index (χ3n) is 4.40. The van der Waals surface area contributed by atoms with Gasteiger partial charge in [-0.05, 0) is 23.6 Å². The smallest absolute Gasteiger partial charge is 0.276 e.